The Morgan fingerprint density at radius 3 is 1.57 bits per heavy atom. The van der Waals surface area contributed by atoms with Crippen LogP contribution in [-0.4, -0.2) is 181 Å². The molecule has 0 radical (unpaired) electrons. The van der Waals surface area contributed by atoms with Crippen LogP contribution in [0.4, 0.5) is 0 Å². The number of unbranched alkanes of at least 4 members (excludes halogenated alkanes) is 18. The minimum absolute atomic E-state index is 0.00776. The maximum Gasteiger partial charge on any atom is 0.326 e. The van der Waals surface area contributed by atoms with Gasteiger partial charge in [-0.1, -0.05) is 135 Å². The minimum Gasteiger partial charge on any atom is -0.756 e. The number of aromatic hydroxyl groups is 1. The summed E-state index contributed by atoms with van der Waals surface area (Å²) in [6, 6.07) is -0.121. The molecule has 0 saturated carbocycles. The summed E-state index contributed by atoms with van der Waals surface area (Å²) in [4.78, 5) is 127. The summed E-state index contributed by atoms with van der Waals surface area (Å²) in [5.74, 6) is -7.76. The van der Waals surface area contributed by atoms with Crippen LogP contribution >= 0.6 is 7.82 Å². The molecule has 86 heavy (non-hydrogen) atoms. The Hall–Kier alpha value is -5.76. The Morgan fingerprint density at radius 2 is 1.07 bits per heavy atom. The van der Waals surface area contributed by atoms with Crippen LogP contribution in [0.2, 0.25) is 0 Å². The number of ether oxygens (including phenoxy) is 2. The van der Waals surface area contributed by atoms with E-state index in [9.17, 15) is 73.0 Å². The van der Waals surface area contributed by atoms with Gasteiger partial charge in [-0.3, -0.25) is 42.9 Å². The Balaban J connectivity index is 2.86. The number of phenolic OH excluding ortho intramolecular Hbond substituents is 1. The molecule has 1 aromatic carbocycles. The third kappa shape index (κ3) is 39.8. The number of nitrogens with zero attached hydrogens (tertiary/aromatic N) is 1. The monoisotopic (exact) mass is 1240 g/mol. The van der Waals surface area contributed by atoms with E-state index < -0.39 is 130 Å². The van der Waals surface area contributed by atoms with E-state index in [1.807, 2.05) is 21.1 Å². The molecule has 0 aromatic heterocycles. The standard InChI is InChI=1S/C59H102N7O19P/c1-8-9-10-11-12-13-14-15-16-17-20-23-26-29-52(73)82-40-47(41-84-86(80,81)83-36-35-66(5,6)7)85-53(74)30-27-24-21-18-19-22-25-28-48(56(75)60-38-50(71)63-49(59(78)79)37-45-31-33-46(70)34-32-45)64-58(77)55(43(3)68)65-51(72)39-61-57(76)54(42(2)67)62-44(4)69/h31-34,42-43,47-49,54-55,67-68H,8-30,35-41H2,1-7H3,(H8-,60,61,62,63,64,65,69,70,71,72,75,76,77,78,79,80,81)/t42-,43-,47-,48+,49+,54+,55+/m1/s1. The summed E-state index contributed by atoms with van der Waals surface area (Å²) in [6.45, 7) is 3.56. The van der Waals surface area contributed by atoms with Crippen molar-refractivity contribution in [3.63, 3.8) is 0 Å². The van der Waals surface area contributed by atoms with Crippen LogP contribution in [-0.2, 0) is 72.7 Å². The highest BCUT2D eigenvalue weighted by atomic mass is 31.2. The van der Waals surface area contributed by atoms with Crippen molar-refractivity contribution < 1.29 is 96.0 Å². The smallest absolute Gasteiger partial charge is 0.326 e. The number of aliphatic carboxylic acids is 1. The van der Waals surface area contributed by atoms with E-state index in [1.54, 1.807) is 0 Å². The number of hydrogen-bond donors (Lipinski definition) is 10. The number of hydrogen-bond acceptors (Lipinski definition) is 18. The quantitative estimate of drug-likeness (QED) is 0.0193. The number of esters is 2. The van der Waals surface area contributed by atoms with Crippen molar-refractivity contribution in [2.24, 2.45) is 0 Å². The van der Waals surface area contributed by atoms with E-state index in [1.165, 1.54) is 89.5 Å². The molecule has 0 heterocycles. The number of nitrogens with one attached hydrogen (secondary N) is 6. The molecule has 1 unspecified atom stereocenters. The molecule has 492 valence electrons. The number of phenols is 1. The zero-order valence-electron chi connectivity index (χ0n) is 51.9. The molecular weight excluding hydrogens is 1140 g/mol. The molecule has 26 nitrogen and oxygen atoms in total. The zero-order chi connectivity index (χ0) is 64.5. The number of aliphatic hydroxyl groups is 2. The summed E-state index contributed by atoms with van der Waals surface area (Å²) in [7, 11) is 0.808. The first-order valence-electron chi connectivity index (χ1n) is 30.5. The summed E-state index contributed by atoms with van der Waals surface area (Å²) in [5, 5.41) is 53.8. The lowest BCUT2D eigenvalue weighted by Gasteiger charge is -2.28. The van der Waals surface area contributed by atoms with Gasteiger partial charge in [-0.15, -0.1) is 0 Å². The Morgan fingerprint density at radius 1 is 0.593 bits per heavy atom. The first-order chi connectivity index (χ1) is 40.6. The Kier molecular flexibility index (Phi) is 40.6. The predicted molar refractivity (Wildman–Crippen MR) is 317 cm³/mol. The van der Waals surface area contributed by atoms with Crippen LogP contribution in [0.3, 0.4) is 0 Å². The fraction of sp³-hybridized carbons (Fsp3) is 0.746. The summed E-state index contributed by atoms with van der Waals surface area (Å²) >= 11 is 0. The number of benzene rings is 1. The van der Waals surface area contributed by atoms with Crippen molar-refractivity contribution in [2.75, 3.05) is 60.6 Å². The fourth-order valence-corrected chi connectivity index (χ4v) is 9.44. The number of carboxylic acids is 1. The Bertz CT molecular complexity index is 2230. The molecular formula is C59H102N7O19P. The van der Waals surface area contributed by atoms with Crippen LogP contribution in [0, 0.1) is 0 Å². The lowest BCUT2D eigenvalue weighted by Crippen LogP contribution is -2.59. The van der Waals surface area contributed by atoms with Crippen LogP contribution < -0.4 is 36.8 Å². The number of quaternary nitrogens is 1. The highest BCUT2D eigenvalue weighted by Crippen LogP contribution is 2.38. The van der Waals surface area contributed by atoms with Gasteiger partial charge in [0.1, 0.15) is 49.7 Å². The average molecular weight is 1240 g/mol. The average Bonchev–Trinajstić information content (AvgIpc) is 3.64. The van der Waals surface area contributed by atoms with Gasteiger partial charge in [0.15, 0.2) is 6.10 Å². The maximum atomic E-state index is 13.6. The van der Waals surface area contributed by atoms with E-state index in [-0.39, 0.29) is 38.0 Å². The third-order valence-electron chi connectivity index (χ3n) is 13.7. The molecule has 0 bridgehead atoms. The second-order valence-corrected chi connectivity index (χ2v) is 24.3. The molecule has 0 aliphatic heterocycles. The number of carboxylic acid groups (broad SMARTS) is 1. The van der Waals surface area contributed by atoms with Gasteiger partial charge in [0.25, 0.3) is 7.82 Å². The predicted octanol–water partition coefficient (Wildman–Crippen LogP) is 3.63. The molecule has 0 aliphatic carbocycles. The van der Waals surface area contributed by atoms with Gasteiger partial charge >= 0.3 is 17.9 Å². The van der Waals surface area contributed by atoms with Gasteiger partial charge in [0.05, 0.1) is 53.0 Å². The van der Waals surface area contributed by atoms with E-state index in [2.05, 4.69) is 38.8 Å². The lowest BCUT2D eigenvalue weighted by molar-refractivity contribution is -0.870. The highest BCUT2D eigenvalue weighted by molar-refractivity contribution is 7.45. The van der Waals surface area contributed by atoms with Crippen LogP contribution in [0.25, 0.3) is 0 Å². The molecule has 1 aromatic rings. The number of carbonyl (C=O) groups is 9. The van der Waals surface area contributed by atoms with Crippen molar-refractivity contribution in [1.82, 2.24) is 31.9 Å². The van der Waals surface area contributed by atoms with E-state index in [0.717, 1.165) is 32.6 Å². The van der Waals surface area contributed by atoms with Gasteiger partial charge in [-0.2, -0.15) is 0 Å². The second kappa shape index (κ2) is 44.6. The van der Waals surface area contributed by atoms with Crippen molar-refractivity contribution in [1.29, 1.82) is 0 Å². The van der Waals surface area contributed by atoms with Gasteiger partial charge in [0.2, 0.25) is 35.4 Å². The molecule has 8 atom stereocenters. The maximum absolute atomic E-state index is 13.6. The fourth-order valence-electron chi connectivity index (χ4n) is 8.71. The highest BCUT2D eigenvalue weighted by Gasteiger charge is 2.32. The molecule has 1 rings (SSSR count). The number of amides is 6. The van der Waals surface area contributed by atoms with E-state index >= 15 is 0 Å². The number of phosphoric acid groups is 1. The topological polar surface area (TPSA) is 384 Å². The summed E-state index contributed by atoms with van der Waals surface area (Å²) in [6.07, 6.45) is 14.8. The molecule has 6 amide bonds. The van der Waals surface area contributed by atoms with Gasteiger partial charge in [-0.25, -0.2) is 4.79 Å². The van der Waals surface area contributed by atoms with Crippen molar-refractivity contribution in [2.45, 2.75) is 224 Å². The summed E-state index contributed by atoms with van der Waals surface area (Å²) < 4.78 is 34.0. The van der Waals surface area contributed by atoms with Crippen molar-refractivity contribution >= 4 is 61.2 Å². The molecule has 10 N–H and O–H groups in total. The molecule has 0 spiro atoms. The lowest BCUT2D eigenvalue weighted by atomic mass is 10.0. The van der Waals surface area contributed by atoms with Crippen LogP contribution in [0.1, 0.15) is 181 Å². The summed E-state index contributed by atoms with van der Waals surface area (Å²) in [5.41, 5.74) is 0.493. The minimum atomic E-state index is -4.79. The third-order valence-corrected chi connectivity index (χ3v) is 14.7. The first kappa shape index (κ1) is 78.3. The zero-order valence-corrected chi connectivity index (χ0v) is 52.8. The van der Waals surface area contributed by atoms with Gasteiger partial charge in [-0.05, 0) is 50.8 Å². The normalized spacial score (nSPS) is 14.6. The second-order valence-electron chi connectivity index (χ2n) is 22.9. The molecule has 0 aliphatic rings. The number of likely N-dealkylation sites (N-methyl/N-ethyl adjacent to an activating group) is 1. The van der Waals surface area contributed by atoms with Crippen LogP contribution in [0.15, 0.2) is 24.3 Å². The van der Waals surface area contributed by atoms with Crippen LogP contribution in [0.5, 0.6) is 5.75 Å². The largest absolute Gasteiger partial charge is 0.756 e. The molecule has 0 fully saturated rings. The SMILES string of the molecule is CCCCCCCCCCCCCCCC(=O)OC[C@H](COP(=O)([O-])OCC[N+](C)(C)C)OC(=O)CCCCCCCCC[C@H](NC(=O)[C@@H](NC(=O)CNC(=O)[C@@H](NC(C)=O)[C@@H](C)O)[C@@H](C)O)C(=O)NCC(=O)N[C@@H](Cc1ccc(O)cc1)C(=O)O. The molecule has 27 heteroatoms. The number of carbonyl (C=O) groups excluding carboxylic acids is 8. The number of rotatable bonds is 50. The van der Waals surface area contributed by atoms with Gasteiger partial charge in [0, 0.05) is 26.2 Å². The van der Waals surface area contributed by atoms with E-state index in [4.69, 9.17) is 18.5 Å². The number of phosphoric ester groups is 1. The Labute approximate surface area is 507 Å². The van der Waals surface area contributed by atoms with Gasteiger partial charge < -0.3 is 80.2 Å². The van der Waals surface area contributed by atoms with Crippen molar-refractivity contribution in [3.8, 4) is 5.75 Å². The molecule has 0 saturated heterocycles. The number of aliphatic hydroxyl groups excluding tert-OH is 2. The van der Waals surface area contributed by atoms with Crippen molar-refractivity contribution in [3.05, 3.63) is 29.8 Å². The first-order valence-corrected chi connectivity index (χ1v) is 31.9. The van der Waals surface area contributed by atoms with E-state index in [0.29, 0.717) is 68.0 Å².